The first-order valence-electron chi connectivity index (χ1n) is 7.58. The Kier molecular flexibility index (Phi) is 5.78. The van der Waals surface area contributed by atoms with Gasteiger partial charge in [-0.2, -0.15) is 5.26 Å². The van der Waals surface area contributed by atoms with E-state index in [9.17, 15) is 4.79 Å². The molecule has 0 spiro atoms. The summed E-state index contributed by atoms with van der Waals surface area (Å²) in [7, 11) is 1.87. The van der Waals surface area contributed by atoms with E-state index in [-0.39, 0.29) is 17.9 Å². The summed E-state index contributed by atoms with van der Waals surface area (Å²) < 4.78 is 7.33. The molecule has 1 aromatic rings. The van der Waals surface area contributed by atoms with E-state index in [1.807, 2.05) is 59.2 Å². The molecule has 0 aromatic carbocycles. The Balaban J connectivity index is 2.82. The van der Waals surface area contributed by atoms with Gasteiger partial charge in [0.15, 0.2) is 0 Å². The van der Waals surface area contributed by atoms with Crippen molar-refractivity contribution in [1.82, 2.24) is 9.88 Å². The molecule has 0 aliphatic heterocycles. The number of carbonyl (C=O) groups is 1. The summed E-state index contributed by atoms with van der Waals surface area (Å²) in [6.07, 6.45) is 0. The molecule has 5 heteroatoms. The summed E-state index contributed by atoms with van der Waals surface area (Å²) in [6.45, 7) is 12.1. The van der Waals surface area contributed by atoms with Crippen molar-refractivity contribution in [2.75, 3.05) is 0 Å². The van der Waals surface area contributed by atoms with Crippen LogP contribution in [0, 0.1) is 24.2 Å². The van der Waals surface area contributed by atoms with Crippen molar-refractivity contribution in [3.63, 3.8) is 0 Å². The van der Waals surface area contributed by atoms with E-state index in [1.54, 1.807) is 0 Å². The van der Waals surface area contributed by atoms with Crippen LogP contribution >= 0.6 is 0 Å². The average Bonchev–Trinajstić information content (AvgIpc) is 2.64. The lowest BCUT2D eigenvalue weighted by Gasteiger charge is -2.26. The first-order chi connectivity index (χ1) is 10.1. The van der Waals surface area contributed by atoms with Crippen LogP contribution < -0.4 is 5.32 Å². The van der Waals surface area contributed by atoms with E-state index in [0.29, 0.717) is 12.2 Å². The average molecular weight is 305 g/mol. The first kappa shape index (κ1) is 18.2. The Bertz CT molecular complexity index is 574. The van der Waals surface area contributed by atoms with Gasteiger partial charge in [-0.1, -0.05) is 13.8 Å². The Morgan fingerprint density at radius 3 is 2.45 bits per heavy atom. The van der Waals surface area contributed by atoms with Crippen molar-refractivity contribution in [2.45, 2.75) is 59.7 Å². The van der Waals surface area contributed by atoms with Crippen LogP contribution in [0.15, 0.2) is 6.07 Å². The number of nitrogens with one attached hydrogen (secondary N) is 1. The highest BCUT2D eigenvalue weighted by molar-refractivity contribution is 5.76. The number of rotatable bonds is 5. The number of aromatic nitrogens is 1. The van der Waals surface area contributed by atoms with Crippen LogP contribution in [0.4, 0.5) is 0 Å². The predicted octanol–water partition coefficient (Wildman–Crippen LogP) is 2.66. The van der Waals surface area contributed by atoms with Gasteiger partial charge in [-0.15, -0.1) is 0 Å². The van der Waals surface area contributed by atoms with Crippen molar-refractivity contribution >= 4 is 5.97 Å². The zero-order valence-electron chi connectivity index (χ0n) is 14.7. The zero-order valence-corrected chi connectivity index (χ0v) is 14.7. The molecule has 1 rings (SSSR count). The fraction of sp³-hybridized carbons (Fsp3) is 0.647. The Morgan fingerprint density at radius 2 is 2.05 bits per heavy atom. The Morgan fingerprint density at radius 1 is 1.45 bits per heavy atom. The maximum atomic E-state index is 12.3. The molecule has 0 aliphatic rings. The molecule has 0 radical (unpaired) electrons. The molecule has 1 atom stereocenters. The van der Waals surface area contributed by atoms with Crippen molar-refractivity contribution in [3.05, 3.63) is 23.0 Å². The van der Waals surface area contributed by atoms with Gasteiger partial charge in [-0.05, 0) is 45.2 Å². The fourth-order valence-electron chi connectivity index (χ4n) is 2.22. The lowest BCUT2D eigenvalue weighted by molar-refractivity contribution is -0.158. The molecule has 1 N–H and O–H groups in total. The molecule has 122 valence electrons. The van der Waals surface area contributed by atoms with Crippen LogP contribution in [0.2, 0.25) is 0 Å². The number of carbonyl (C=O) groups excluding carboxylic acids is 1. The minimum atomic E-state index is -0.497. The summed E-state index contributed by atoms with van der Waals surface area (Å²) in [5.74, 6) is -0.120. The molecule has 22 heavy (non-hydrogen) atoms. The Labute approximate surface area is 133 Å². The van der Waals surface area contributed by atoms with Crippen LogP contribution in [0.5, 0.6) is 0 Å². The van der Waals surface area contributed by atoms with Gasteiger partial charge < -0.3 is 14.6 Å². The quantitative estimate of drug-likeness (QED) is 0.849. The number of ether oxygens (including phenoxy) is 1. The number of esters is 1. The van der Waals surface area contributed by atoms with Crippen molar-refractivity contribution in [1.29, 1.82) is 5.26 Å². The number of nitrogens with zero attached hydrogens (tertiary/aromatic N) is 2. The van der Waals surface area contributed by atoms with Crippen LogP contribution in [0.25, 0.3) is 0 Å². The minimum absolute atomic E-state index is 0.120. The molecule has 0 saturated heterocycles. The lowest BCUT2D eigenvalue weighted by atomic mass is 10.0. The van der Waals surface area contributed by atoms with Crippen molar-refractivity contribution in [3.8, 4) is 6.07 Å². The molecule has 0 amide bonds. The number of nitriles is 1. The zero-order chi connectivity index (χ0) is 17.1. The maximum Gasteiger partial charge on any atom is 0.323 e. The van der Waals surface area contributed by atoms with Gasteiger partial charge >= 0.3 is 5.97 Å². The van der Waals surface area contributed by atoms with Gasteiger partial charge in [0.05, 0.1) is 0 Å². The fourth-order valence-corrected chi connectivity index (χ4v) is 2.22. The van der Waals surface area contributed by atoms with Crippen molar-refractivity contribution in [2.24, 2.45) is 13.0 Å². The smallest absolute Gasteiger partial charge is 0.323 e. The molecular weight excluding hydrogens is 278 g/mol. The third-order valence-electron chi connectivity index (χ3n) is 3.59. The van der Waals surface area contributed by atoms with Gasteiger partial charge in [0.1, 0.15) is 23.4 Å². The summed E-state index contributed by atoms with van der Waals surface area (Å²) in [5, 5.41) is 12.3. The molecule has 0 aliphatic carbocycles. The minimum Gasteiger partial charge on any atom is -0.459 e. The monoisotopic (exact) mass is 305 g/mol. The van der Waals surface area contributed by atoms with Gasteiger partial charge in [0, 0.05) is 19.3 Å². The number of hydrogen-bond donors (Lipinski definition) is 1. The third kappa shape index (κ3) is 4.60. The first-order valence-corrected chi connectivity index (χ1v) is 7.58. The van der Waals surface area contributed by atoms with E-state index in [4.69, 9.17) is 10.00 Å². The highest BCUT2D eigenvalue weighted by Gasteiger charge is 2.27. The van der Waals surface area contributed by atoms with E-state index in [1.165, 1.54) is 0 Å². The van der Waals surface area contributed by atoms with Crippen LogP contribution in [-0.2, 0) is 23.1 Å². The second kappa shape index (κ2) is 6.97. The van der Waals surface area contributed by atoms with Gasteiger partial charge in [-0.3, -0.25) is 4.79 Å². The van der Waals surface area contributed by atoms with Crippen LogP contribution in [0.1, 0.15) is 51.6 Å². The maximum absolute atomic E-state index is 12.3. The highest BCUT2D eigenvalue weighted by atomic mass is 16.6. The summed E-state index contributed by atoms with van der Waals surface area (Å²) in [4.78, 5) is 12.3. The molecule has 0 unspecified atom stereocenters. The van der Waals surface area contributed by atoms with E-state index in [0.717, 1.165) is 11.3 Å². The molecule has 0 saturated carbocycles. The summed E-state index contributed by atoms with van der Waals surface area (Å²) >= 11 is 0. The van der Waals surface area contributed by atoms with Gasteiger partial charge in [0.25, 0.3) is 0 Å². The standard InChI is InChI=1S/C17H27N3O2/c1-11(2)15(16(21)22-17(4,5)6)19-10-13-8-14(9-18)20(7)12(13)3/h8,11,15,19H,10H2,1-7H3/t15-/m0/s1. The SMILES string of the molecule is Cc1c(CN[C@H](C(=O)OC(C)(C)C)C(C)C)cc(C#N)n1C. The highest BCUT2D eigenvalue weighted by Crippen LogP contribution is 2.16. The van der Waals surface area contributed by atoms with E-state index >= 15 is 0 Å². The van der Waals surface area contributed by atoms with Crippen molar-refractivity contribution < 1.29 is 9.53 Å². The van der Waals surface area contributed by atoms with Gasteiger partial charge in [0.2, 0.25) is 0 Å². The summed E-state index contributed by atoms with van der Waals surface area (Å²) in [6, 6.07) is 3.65. The third-order valence-corrected chi connectivity index (χ3v) is 3.59. The number of hydrogen-bond acceptors (Lipinski definition) is 4. The lowest BCUT2D eigenvalue weighted by Crippen LogP contribution is -2.44. The molecular formula is C17H27N3O2. The molecule has 5 nitrogen and oxygen atoms in total. The molecule has 0 fully saturated rings. The van der Waals surface area contributed by atoms with Crippen LogP contribution in [0.3, 0.4) is 0 Å². The topological polar surface area (TPSA) is 67.0 Å². The van der Waals surface area contributed by atoms with Gasteiger partial charge in [-0.25, -0.2) is 0 Å². The summed E-state index contributed by atoms with van der Waals surface area (Å²) in [5.41, 5.74) is 2.17. The molecule has 1 aromatic heterocycles. The second-order valence-electron chi connectivity index (χ2n) is 6.95. The van der Waals surface area contributed by atoms with E-state index in [2.05, 4.69) is 11.4 Å². The second-order valence-corrected chi connectivity index (χ2v) is 6.95. The van der Waals surface area contributed by atoms with E-state index < -0.39 is 5.60 Å². The Hall–Kier alpha value is -1.80. The van der Waals surface area contributed by atoms with Crippen LogP contribution in [-0.4, -0.2) is 22.2 Å². The predicted molar refractivity (Wildman–Crippen MR) is 86.2 cm³/mol. The normalized spacial score (nSPS) is 13.0. The largest absolute Gasteiger partial charge is 0.459 e. The molecule has 0 bridgehead atoms. The molecule has 1 heterocycles.